The number of fused-ring (bicyclic) bond motifs is 1. The fourth-order valence-electron chi connectivity index (χ4n) is 3.55. The summed E-state index contributed by atoms with van der Waals surface area (Å²) >= 11 is 0. The van der Waals surface area contributed by atoms with Gasteiger partial charge in [-0.15, -0.1) is 0 Å². The SMILES string of the molecule is CC1COCCC1N(C)c1cc(Nc2cc(N)ncn2)c2ncn(C)c2n1. The van der Waals surface area contributed by atoms with Crippen LogP contribution in [-0.2, 0) is 11.8 Å². The first kappa shape index (κ1) is 17.5. The highest BCUT2D eigenvalue weighted by Crippen LogP contribution is 2.31. The van der Waals surface area contributed by atoms with Crippen LogP contribution in [0.25, 0.3) is 11.2 Å². The standard InChI is InChI=1S/C18H24N8O/c1-11-8-27-5-4-13(11)26(3)16-6-12(17-18(24-16)25(2)10-22-17)23-15-7-14(19)20-9-21-15/h6-7,9-11,13H,4-5,8H2,1-3H3,(H3,19,20,21,23,24). The molecule has 0 radical (unpaired) electrons. The highest BCUT2D eigenvalue weighted by atomic mass is 16.5. The van der Waals surface area contributed by atoms with Crippen molar-refractivity contribution in [3.05, 3.63) is 24.8 Å². The molecule has 27 heavy (non-hydrogen) atoms. The van der Waals surface area contributed by atoms with Gasteiger partial charge in [-0.25, -0.2) is 19.9 Å². The van der Waals surface area contributed by atoms with Crippen LogP contribution >= 0.6 is 0 Å². The number of hydrogen-bond donors (Lipinski definition) is 2. The van der Waals surface area contributed by atoms with Crippen molar-refractivity contribution in [1.29, 1.82) is 0 Å². The molecule has 3 aromatic rings. The van der Waals surface area contributed by atoms with E-state index in [0.29, 0.717) is 23.6 Å². The van der Waals surface area contributed by atoms with E-state index in [-0.39, 0.29) is 0 Å². The number of pyridine rings is 1. The third-order valence-electron chi connectivity index (χ3n) is 5.06. The minimum atomic E-state index is 0.375. The quantitative estimate of drug-likeness (QED) is 0.719. The average molecular weight is 368 g/mol. The number of anilines is 4. The molecule has 3 aromatic heterocycles. The molecule has 9 nitrogen and oxygen atoms in total. The Balaban J connectivity index is 1.74. The lowest BCUT2D eigenvalue weighted by Crippen LogP contribution is -2.43. The van der Waals surface area contributed by atoms with Crippen LogP contribution in [0, 0.1) is 5.92 Å². The Morgan fingerprint density at radius 1 is 1.30 bits per heavy atom. The van der Waals surface area contributed by atoms with Gasteiger partial charge in [-0.1, -0.05) is 6.92 Å². The predicted octanol–water partition coefficient (Wildman–Crippen LogP) is 1.95. The van der Waals surface area contributed by atoms with Crippen LogP contribution < -0.4 is 16.0 Å². The van der Waals surface area contributed by atoms with Crippen molar-refractivity contribution in [2.75, 3.05) is 36.2 Å². The number of nitrogen functional groups attached to an aromatic ring is 1. The maximum Gasteiger partial charge on any atom is 0.164 e. The average Bonchev–Trinajstić information content (AvgIpc) is 3.03. The Morgan fingerprint density at radius 3 is 2.93 bits per heavy atom. The first-order chi connectivity index (χ1) is 13.0. The van der Waals surface area contributed by atoms with E-state index in [4.69, 9.17) is 15.5 Å². The van der Waals surface area contributed by atoms with E-state index < -0.39 is 0 Å². The number of nitrogens with two attached hydrogens (primary N) is 1. The van der Waals surface area contributed by atoms with E-state index in [1.165, 1.54) is 6.33 Å². The van der Waals surface area contributed by atoms with Gasteiger partial charge >= 0.3 is 0 Å². The van der Waals surface area contributed by atoms with Gasteiger partial charge in [0.15, 0.2) is 5.65 Å². The number of ether oxygens (including phenoxy) is 1. The number of aryl methyl sites for hydroxylation is 1. The van der Waals surface area contributed by atoms with Crippen LogP contribution in [0.3, 0.4) is 0 Å². The lowest BCUT2D eigenvalue weighted by molar-refractivity contribution is 0.0477. The summed E-state index contributed by atoms with van der Waals surface area (Å²) in [6.45, 7) is 3.76. The molecule has 1 fully saturated rings. The van der Waals surface area contributed by atoms with Crippen LogP contribution in [-0.4, -0.2) is 50.8 Å². The van der Waals surface area contributed by atoms with Gasteiger partial charge in [0.05, 0.1) is 18.6 Å². The molecule has 0 aromatic carbocycles. The Kier molecular flexibility index (Phi) is 4.53. The molecule has 1 aliphatic rings. The second-order valence-corrected chi connectivity index (χ2v) is 7.03. The van der Waals surface area contributed by atoms with Crippen molar-refractivity contribution in [3.8, 4) is 0 Å². The van der Waals surface area contributed by atoms with Crippen LogP contribution in [0.1, 0.15) is 13.3 Å². The number of nitrogens with one attached hydrogen (secondary N) is 1. The minimum absolute atomic E-state index is 0.375. The maximum absolute atomic E-state index is 5.78. The summed E-state index contributed by atoms with van der Waals surface area (Å²) in [5, 5.41) is 3.31. The van der Waals surface area contributed by atoms with Crippen molar-refractivity contribution in [3.63, 3.8) is 0 Å². The smallest absolute Gasteiger partial charge is 0.164 e. The normalized spacial score (nSPS) is 20.0. The van der Waals surface area contributed by atoms with E-state index in [2.05, 4.69) is 39.1 Å². The molecule has 9 heteroatoms. The van der Waals surface area contributed by atoms with E-state index >= 15 is 0 Å². The molecule has 0 amide bonds. The molecule has 1 saturated heterocycles. The zero-order valence-corrected chi connectivity index (χ0v) is 15.8. The van der Waals surface area contributed by atoms with Crippen LogP contribution in [0.15, 0.2) is 24.8 Å². The third-order valence-corrected chi connectivity index (χ3v) is 5.06. The fraction of sp³-hybridized carbons (Fsp3) is 0.444. The Bertz CT molecular complexity index is 956. The Morgan fingerprint density at radius 2 is 2.15 bits per heavy atom. The highest BCUT2D eigenvalue weighted by Gasteiger charge is 2.27. The van der Waals surface area contributed by atoms with Crippen LogP contribution in [0.5, 0.6) is 0 Å². The molecule has 0 aliphatic carbocycles. The molecule has 0 spiro atoms. The largest absolute Gasteiger partial charge is 0.384 e. The predicted molar refractivity (Wildman–Crippen MR) is 105 cm³/mol. The van der Waals surface area contributed by atoms with Crippen molar-refractivity contribution >= 4 is 34.3 Å². The number of imidazole rings is 1. The van der Waals surface area contributed by atoms with Crippen LogP contribution in [0.2, 0.25) is 0 Å². The Labute approximate surface area is 157 Å². The first-order valence-electron chi connectivity index (χ1n) is 9.00. The second kappa shape index (κ2) is 6.99. The van der Waals surface area contributed by atoms with E-state index in [0.717, 1.165) is 42.3 Å². The first-order valence-corrected chi connectivity index (χ1v) is 9.00. The van der Waals surface area contributed by atoms with E-state index in [1.54, 1.807) is 12.4 Å². The van der Waals surface area contributed by atoms with Crippen LogP contribution in [0.4, 0.5) is 23.1 Å². The lowest BCUT2D eigenvalue weighted by Gasteiger charge is -2.37. The van der Waals surface area contributed by atoms with Gasteiger partial charge < -0.3 is 25.3 Å². The molecule has 0 bridgehead atoms. The molecule has 142 valence electrons. The molecular formula is C18H24N8O. The third kappa shape index (κ3) is 3.37. The molecule has 3 N–H and O–H groups in total. The number of nitrogens with zero attached hydrogens (tertiary/aromatic N) is 6. The van der Waals surface area contributed by atoms with Gasteiger partial charge in [0.2, 0.25) is 0 Å². The monoisotopic (exact) mass is 368 g/mol. The van der Waals surface area contributed by atoms with Gasteiger partial charge in [0.1, 0.15) is 29.3 Å². The molecule has 2 unspecified atom stereocenters. The molecule has 4 rings (SSSR count). The summed E-state index contributed by atoms with van der Waals surface area (Å²) in [7, 11) is 4.03. The molecule has 2 atom stereocenters. The summed E-state index contributed by atoms with van der Waals surface area (Å²) in [4.78, 5) is 19.8. The summed E-state index contributed by atoms with van der Waals surface area (Å²) in [6, 6.07) is 4.08. The summed E-state index contributed by atoms with van der Waals surface area (Å²) in [5.41, 5.74) is 8.20. The zero-order valence-electron chi connectivity index (χ0n) is 15.8. The topological polar surface area (TPSA) is 107 Å². The lowest BCUT2D eigenvalue weighted by atomic mass is 9.96. The van der Waals surface area contributed by atoms with Crippen molar-refractivity contribution in [2.45, 2.75) is 19.4 Å². The van der Waals surface area contributed by atoms with Gasteiger partial charge in [-0.3, -0.25) is 0 Å². The summed E-state index contributed by atoms with van der Waals surface area (Å²) < 4.78 is 7.51. The molecular weight excluding hydrogens is 344 g/mol. The van der Waals surface area contributed by atoms with Crippen molar-refractivity contribution < 1.29 is 4.74 Å². The van der Waals surface area contributed by atoms with Gasteiger partial charge in [0, 0.05) is 38.9 Å². The minimum Gasteiger partial charge on any atom is -0.384 e. The van der Waals surface area contributed by atoms with E-state index in [1.807, 2.05) is 17.7 Å². The number of aromatic nitrogens is 5. The second-order valence-electron chi connectivity index (χ2n) is 7.03. The molecule has 0 saturated carbocycles. The maximum atomic E-state index is 5.78. The van der Waals surface area contributed by atoms with Crippen molar-refractivity contribution in [2.24, 2.45) is 13.0 Å². The Hall–Kier alpha value is -2.94. The molecule has 1 aliphatic heterocycles. The summed E-state index contributed by atoms with van der Waals surface area (Å²) in [5.74, 6) is 2.35. The van der Waals surface area contributed by atoms with Gasteiger partial charge in [-0.05, 0) is 12.3 Å². The summed E-state index contributed by atoms with van der Waals surface area (Å²) in [6.07, 6.45) is 4.18. The zero-order chi connectivity index (χ0) is 19.0. The fourth-order valence-corrected chi connectivity index (χ4v) is 3.55. The van der Waals surface area contributed by atoms with E-state index in [9.17, 15) is 0 Å². The number of hydrogen-bond acceptors (Lipinski definition) is 8. The van der Waals surface area contributed by atoms with Crippen molar-refractivity contribution in [1.82, 2.24) is 24.5 Å². The number of rotatable bonds is 4. The van der Waals surface area contributed by atoms with Gasteiger partial charge in [-0.2, -0.15) is 0 Å². The highest BCUT2D eigenvalue weighted by molar-refractivity contribution is 5.90. The van der Waals surface area contributed by atoms with Gasteiger partial charge in [0.25, 0.3) is 0 Å². The molecule has 4 heterocycles.